The van der Waals surface area contributed by atoms with Crippen LogP contribution >= 0.6 is 28.7 Å². The number of benzene rings is 1. The summed E-state index contributed by atoms with van der Waals surface area (Å²) < 4.78 is 0. The minimum atomic E-state index is -0.393. The zero-order valence-electron chi connectivity index (χ0n) is 9.35. The minimum absolute atomic E-state index is 0. The second-order valence-corrected chi connectivity index (χ2v) is 4.38. The van der Waals surface area contributed by atoms with Crippen LogP contribution in [0, 0.1) is 10.1 Å². The van der Waals surface area contributed by atoms with Crippen LogP contribution in [-0.4, -0.2) is 9.91 Å². The molecule has 0 amide bonds. The molecule has 0 aliphatic heterocycles. The predicted molar refractivity (Wildman–Crippen MR) is 77.2 cm³/mol. The summed E-state index contributed by atoms with van der Waals surface area (Å²) >= 11 is 1.61. The largest absolute Gasteiger partial charge is 0.269 e. The van der Waals surface area contributed by atoms with Crippen molar-refractivity contribution in [1.29, 1.82) is 0 Å². The first kappa shape index (κ1) is 14.7. The summed E-state index contributed by atoms with van der Waals surface area (Å²) in [4.78, 5) is 14.3. The summed E-state index contributed by atoms with van der Waals surface area (Å²) in [6.07, 6.45) is 1.75. The van der Waals surface area contributed by atoms with E-state index in [-0.39, 0.29) is 22.7 Å². The average molecular weight is 327 g/mol. The molecule has 1 heterocycles. The molecule has 0 N–H and O–H groups in total. The van der Waals surface area contributed by atoms with Gasteiger partial charge in [0.15, 0.2) is 0 Å². The Balaban J connectivity index is 0.00000162. The van der Waals surface area contributed by atoms with E-state index in [0.29, 0.717) is 0 Å². The third-order valence-electron chi connectivity index (χ3n) is 2.17. The average Bonchev–Trinajstić information content (AvgIpc) is 2.38. The van der Waals surface area contributed by atoms with Crippen molar-refractivity contribution >= 4 is 34.4 Å². The van der Waals surface area contributed by atoms with Crippen molar-refractivity contribution in [3.05, 3.63) is 64.3 Å². The molecule has 4 nitrogen and oxygen atoms in total. The lowest BCUT2D eigenvalue weighted by atomic mass is 10.2. The highest BCUT2D eigenvalue weighted by Gasteiger charge is 2.04. The molecular formula is C12H11BrN2O2S. The maximum absolute atomic E-state index is 10.5. The maximum atomic E-state index is 10.5. The van der Waals surface area contributed by atoms with Crippen molar-refractivity contribution in [2.75, 3.05) is 0 Å². The van der Waals surface area contributed by atoms with Crippen LogP contribution in [0.2, 0.25) is 0 Å². The number of hydrogen-bond acceptors (Lipinski definition) is 4. The van der Waals surface area contributed by atoms with Crippen molar-refractivity contribution in [3.8, 4) is 0 Å². The van der Waals surface area contributed by atoms with E-state index in [2.05, 4.69) is 4.98 Å². The van der Waals surface area contributed by atoms with Crippen LogP contribution < -0.4 is 0 Å². The fourth-order valence-electron chi connectivity index (χ4n) is 1.30. The second kappa shape index (κ2) is 7.13. The van der Waals surface area contributed by atoms with E-state index in [9.17, 15) is 10.1 Å². The summed E-state index contributed by atoms with van der Waals surface area (Å²) in [5.74, 6) is 0.759. The predicted octanol–water partition coefficient (Wildman–Crippen LogP) is 3.86. The molecule has 0 aliphatic carbocycles. The number of hydrogen-bond donors (Lipinski definition) is 0. The highest BCUT2D eigenvalue weighted by Crippen LogP contribution is 2.21. The lowest BCUT2D eigenvalue weighted by Crippen LogP contribution is -1.88. The Morgan fingerprint density at radius 1 is 1.17 bits per heavy atom. The molecule has 1 aromatic carbocycles. The van der Waals surface area contributed by atoms with Crippen molar-refractivity contribution in [2.24, 2.45) is 0 Å². The molecular weight excluding hydrogens is 316 g/mol. The van der Waals surface area contributed by atoms with Gasteiger partial charge in [-0.2, -0.15) is 0 Å². The number of thioether (sulfide) groups is 1. The fourth-order valence-corrected chi connectivity index (χ4v) is 2.12. The quantitative estimate of drug-likeness (QED) is 0.486. The first-order valence-corrected chi connectivity index (χ1v) is 6.01. The number of nitrogens with zero attached hydrogens (tertiary/aromatic N) is 2. The van der Waals surface area contributed by atoms with E-state index in [1.54, 1.807) is 30.1 Å². The number of pyridine rings is 1. The van der Waals surface area contributed by atoms with Gasteiger partial charge >= 0.3 is 0 Å². The molecule has 0 unspecified atom stereocenters. The molecule has 1 aromatic heterocycles. The molecule has 0 radical (unpaired) electrons. The first-order chi connectivity index (χ1) is 8.25. The molecule has 0 fully saturated rings. The number of halogens is 1. The third kappa shape index (κ3) is 4.12. The molecule has 0 spiro atoms. The monoisotopic (exact) mass is 326 g/mol. The SMILES string of the molecule is Br.O=[N+]([O-])c1ccc(CSc2ccccn2)cc1. The molecule has 2 aromatic rings. The van der Waals surface area contributed by atoms with Gasteiger partial charge < -0.3 is 0 Å². The summed E-state index contributed by atoms with van der Waals surface area (Å²) in [6, 6.07) is 12.3. The number of nitro benzene ring substituents is 1. The Hall–Kier alpha value is -1.40. The standard InChI is InChI=1S/C12H10N2O2S.BrH/c15-14(16)11-6-4-10(5-7-11)9-17-12-3-1-2-8-13-12;/h1-8H,9H2;1H. The van der Waals surface area contributed by atoms with Gasteiger partial charge in [-0.15, -0.1) is 28.7 Å². The van der Waals surface area contributed by atoms with Crippen LogP contribution in [0.5, 0.6) is 0 Å². The second-order valence-electron chi connectivity index (χ2n) is 3.38. The van der Waals surface area contributed by atoms with E-state index < -0.39 is 4.92 Å². The normalized spacial score (nSPS) is 9.56. The molecule has 0 saturated heterocycles. The first-order valence-electron chi connectivity index (χ1n) is 5.03. The minimum Gasteiger partial charge on any atom is -0.258 e. The van der Waals surface area contributed by atoms with Gasteiger partial charge in [-0.3, -0.25) is 10.1 Å². The van der Waals surface area contributed by atoms with Gasteiger partial charge in [0.25, 0.3) is 5.69 Å². The van der Waals surface area contributed by atoms with E-state index in [1.807, 2.05) is 18.2 Å². The molecule has 18 heavy (non-hydrogen) atoms. The smallest absolute Gasteiger partial charge is 0.258 e. The van der Waals surface area contributed by atoms with Crippen molar-refractivity contribution in [3.63, 3.8) is 0 Å². The van der Waals surface area contributed by atoms with E-state index in [1.165, 1.54) is 12.1 Å². The van der Waals surface area contributed by atoms with Crippen LogP contribution in [0.4, 0.5) is 5.69 Å². The van der Waals surface area contributed by atoms with Gasteiger partial charge in [0.2, 0.25) is 0 Å². The van der Waals surface area contributed by atoms with Crippen LogP contribution in [0.3, 0.4) is 0 Å². The Labute approximate surface area is 119 Å². The van der Waals surface area contributed by atoms with E-state index in [0.717, 1.165) is 16.3 Å². The summed E-state index contributed by atoms with van der Waals surface area (Å²) in [5.41, 5.74) is 1.17. The highest BCUT2D eigenvalue weighted by molar-refractivity contribution is 8.93. The molecule has 0 aliphatic rings. The molecule has 0 saturated carbocycles. The maximum Gasteiger partial charge on any atom is 0.269 e. The van der Waals surface area contributed by atoms with Gasteiger partial charge in [0.1, 0.15) is 0 Å². The van der Waals surface area contributed by atoms with Crippen LogP contribution in [0.15, 0.2) is 53.7 Å². The van der Waals surface area contributed by atoms with Crippen molar-refractivity contribution in [1.82, 2.24) is 4.98 Å². The zero-order valence-corrected chi connectivity index (χ0v) is 11.9. The van der Waals surface area contributed by atoms with E-state index in [4.69, 9.17) is 0 Å². The van der Waals surface area contributed by atoms with Gasteiger partial charge in [0.05, 0.1) is 9.95 Å². The third-order valence-corrected chi connectivity index (χ3v) is 3.19. The van der Waals surface area contributed by atoms with Gasteiger partial charge in [-0.05, 0) is 17.7 Å². The Bertz CT molecular complexity index is 505. The van der Waals surface area contributed by atoms with Gasteiger partial charge in [0, 0.05) is 24.1 Å². The number of aromatic nitrogens is 1. The highest BCUT2D eigenvalue weighted by atomic mass is 79.9. The Morgan fingerprint density at radius 2 is 1.89 bits per heavy atom. The van der Waals surface area contributed by atoms with E-state index >= 15 is 0 Å². The number of non-ortho nitro benzene ring substituents is 1. The summed E-state index contributed by atoms with van der Waals surface area (Å²) in [7, 11) is 0. The molecule has 6 heteroatoms. The topological polar surface area (TPSA) is 56.0 Å². The zero-order chi connectivity index (χ0) is 12.1. The molecule has 2 rings (SSSR count). The van der Waals surface area contributed by atoms with Gasteiger partial charge in [-0.25, -0.2) is 4.98 Å². The van der Waals surface area contributed by atoms with Crippen LogP contribution in [-0.2, 0) is 5.75 Å². The van der Waals surface area contributed by atoms with Crippen molar-refractivity contribution < 1.29 is 4.92 Å². The Morgan fingerprint density at radius 3 is 2.44 bits per heavy atom. The molecule has 0 bridgehead atoms. The summed E-state index contributed by atoms with van der Waals surface area (Å²) in [6.45, 7) is 0. The molecule has 94 valence electrons. The lowest BCUT2D eigenvalue weighted by Gasteiger charge is -2.00. The van der Waals surface area contributed by atoms with Crippen molar-refractivity contribution in [2.45, 2.75) is 10.8 Å². The fraction of sp³-hybridized carbons (Fsp3) is 0.0833. The summed E-state index contributed by atoms with van der Waals surface area (Å²) in [5, 5.41) is 11.4. The van der Waals surface area contributed by atoms with Gasteiger partial charge in [-0.1, -0.05) is 18.2 Å². The van der Waals surface area contributed by atoms with Crippen LogP contribution in [0.1, 0.15) is 5.56 Å². The molecule has 0 atom stereocenters. The van der Waals surface area contributed by atoms with Crippen LogP contribution in [0.25, 0.3) is 0 Å². The number of nitro groups is 1. The number of rotatable bonds is 4. The Kier molecular flexibility index (Phi) is 5.80. The lowest BCUT2D eigenvalue weighted by molar-refractivity contribution is -0.384.